The highest BCUT2D eigenvalue weighted by atomic mass is 32.1. The van der Waals surface area contributed by atoms with E-state index in [0.717, 1.165) is 17.8 Å². The average Bonchev–Trinajstić information content (AvgIpc) is 2.00. The molecule has 0 atom stereocenters. The molecular formula is C11H16NS. The summed E-state index contributed by atoms with van der Waals surface area (Å²) in [5, 5.41) is 3.35. The maximum absolute atomic E-state index is 4.83. The summed E-state index contributed by atoms with van der Waals surface area (Å²) in [6.45, 7) is 0. The van der Waals surface area contributed by atoms with Crippen LogP contribution in [-0.2, 0) is 0 Å². The van der Waals surface area contributed by atoms with Gasteiger partial charge in [-0.1, -0.05) is 12.2 Å². The van der Waals surface area contributed by atoms with Gasteiger partial charge in [0.15, 0.2) is 0 Å². The van der Waals surface area contributed by atoms with E-state index < -0.39 is 0 Å². The SMILES string of the molecule is S=[C]NC12CC3CC(CC(C3)C1)C2. The quantitative estimate of drug-likeness (QED) is 0.535. The largest absolute Gasteiger partial charge is 0.368 e. The normalized spacial score (nSPS) is 52.2. The highest BCUT2D eigenvalue weighted by Gasteiger charge is 2.50. The summed E-state index contributed by atoms with van der Waals surface area (Å²) in [6, 6.07) is 0. The zero-order valence-electron chi connectivity index (χ0n) is 7.88. The summed E-state index contributed by atoms with van der Waals surface area (Å²) < 4.78 is 0. The van der Waals surface area contributed by atoms with E-state index in [0.29, 0.717) is 5.54 Å². The molecule has 4 saturated carbocycles. The monoisotopic (exact) mass is 194 g/mol. The predicted molar refractivity (Wildman–Crippen MR) is 56.6 cm³/mol. The van der Waals surface area contributed by atoms with Crippen LogP contribution in [0.25, 0.3) is 0 Å². The standard InChI is InChI=1S/C11H16NS/c13-7-12-11-4-8-1-9(5-11)3-10(2-8)6-11/h8-10H,1-6H2,(H,12,13). The Hall–Kier alpha value is -0.110. The minimum absolute atomic E-state index is 0.385. The Morgan fingerprint density at radius 1 is 1.00 bits per heavy atom. The van der Waals surface area contributed by atoms with Crippen molar-refractivity contribution in [1.82, 2.24) is 5.32 Å². The van der Waals surface area contributed by atoms with Crippen molar-refractivity contribution in [2.45, 2.75) is 44.1 Å². The van der Waals surface area contributed by atoms with Crippen molar-refractivity contribution >= 4 is 17.7 Å². The zero-order valence-corrected chi connectivity index (χ0v) is 8.70. The van der Waals surface area contributed by atoms with Crippen molar-refractivity contribution in [3.05, 3.63) is 0 Å². The molecule has 0 amide bonds. The van der Waals surface area contributed by atoms with Crippen LogP contribution in [0.5, 0.6) is 0 Å². The molecule has 13 heavy (non-hydrogen) atoms. The Morgan fingerprint density at radius 2 is 1.46 bits per heavy atom. The third-order valence-corrected chi connectivity index (χ3v) is 4.46. The number of hydrogen-bond acceptors (Lipinski definition) is 1. The molecule has 0 saturated heterocycles. The van der Waals surface area contributed by atoms with Crippen molar-refractivity contribution in [1.29, 1.82) is 0 Å². The van der Waals surface area contributed by atoms with Crippen LogP contribution in [0.2, 0.25) is 0 Å². The summed E-state index contributed by atoms with van der Waals surface area (Å²) in [7, 11) is 0. The third-order valence-electron chi connectivity index (χ3n) is 4.35. The average molecular weight is 194 g/mol. The fourth-order valence-corrected chi connectivity index (χ4v) is 4.59. The van der Waals surface area contributed by atoms with E-state index in [-0.39, 0.29) is 0 Å². The Kier molecular flexibility index (Phi) is 1.70. The molecule has 71 valence electrons. The molecule has 2 heteroatoms. The van der Waals surface area contributed by atoms with Gasteiger partial charge in [0, 0.05) is 5.54 Å². The molecule has 0 spiro atoms. The van der Waals surface area contributed by atoms with Gasteiger partial charge in [0.1, 0.15) is 5.49 Å². The van der Waals surface area contributed by atoms with Gasteiger partial charge >= 0.3 is 0 Å². The fourth-order valence-electron chi connectivity index (χ4n) is 4.37. The van der Waals surface area contributed by atoms with Gasteiger partial charge in [0.05, 0.1) is 0 Å². The van der Waals surface area contributed by atoms with Gasteiger partial charge in [0.25, 0.3) is 0 Å². The number of rotatable bonds is 2. The van der Waals surface area contributed by atoms with Crippen LogP contribution >= 0.6 is 12.2 Å². The summed E-state index contributed by atoms with van der Waals surface area (Å²) in [5.74, 6) is 3.01. The molecule has 1 nitrogen and oxygen atoms in total. The van der Waals surface area contributed by atoms with E-state index in [2.05, 4.69) is 10.8 Å². The summed E-state index contributed by atoms with van der Waals surface area (Å²) in [4.78, 5) is 0. The van der Waals surface area contributed by atoms with Crippen LogP contribution in [-0.4, -0.2) is 11.0 Å². The lowest BCUT2D eigenvalue weighted by Gasteiger charge is -2.56. The molecule has 4 aliphatic carbocycles. The van der Waals surface area contributed by atoms with Gasteiger partial charge in [-0.3, -0.25) is 0 Å². The highest BCUT2D eigenvalue weighted by Crippen LogP contribution is 2.55. The molecule has 1 radical (unpaired) electrons. The van der Waals surface area contributed by atoms with E-state index in [1.165, 1.54) is 38.5 Å². The number of nitrogens with one attached hydrogen (secondary N) is 1. The number of hydrogen-bond donors (Lipinski definition) is 1. The molecule has 0 unspecified atom stereocenters. The Labute approximate surface area is 85.3 Å². The lowest BCUT2D eigenvalue weighted by Crippen LogP contribution is -2.57. The minimum atomic E-state index is 0.385. The second-order valence-electron chi connectivity index (χ2n) is 5.42. The molecule has 0 aromatic heterocycles. The van der Waals surface area contributed by atoms with E-state index in [4.69, 9.17) is 12.2 Å². The van der Waals surface area contributed by atoms with E-state index in [1.54, 1.807) is 0 Å². The molecule has 4 bridgehead atoms. The molecule has 0 aliphatic heterocycles. The Morgan fingerprint density at radius 3 is 1.85 bits per heavy atom. The van der Waals surface area contributed by atoms with Crippen molar-refractivity contribution in [3.8, 4) is 0 Å². The van der Waals surface area contributed by atoms with Crippen molar-refractivity contribution < 1.29 is 0 Å². The van der Waals surface area contributed by atoms with E-state index in [9.17, 15) is 0 Å². The maximum Gasteiger partial charge on any atom is 0.134 e. The van der Waals surface area contributed by atoms with E-state index >= 15 is 0 Å². The first-order chi connectivity index (χ1) is 6.30. The Bertz CT molecular complexity index is 201. The molecule has 4 rings (SSSR count). The molecule has 0 aromatic carbocycles. The summed E-state index contributed by atoms with van der Waals surface area (Å²) in [5.41, 5.74) is 3.14. The van der Waals surface area contributed by atoms with Gasteiger partial charge in [-0.15, -0.1) is 0 Å². The minimum Gasteiger partial charge on any atom is -0.368 e. The van der Waals surface area contributed by atoms with Crippen LogP contribution in [0, 0.1) is 17.8 Å². The van der Waals surface area contributed by atoms with Gasteiger partial charge in [-0.25, -0.2) is 0 Å². The molecule has 1 N–H and O–H groups in total. The zero-order chi connectivity index (χ0) is 8.89. The first-order valence-corrected chi connectivity index (χ1v) is 5.85. The van der Waals surface area contributed by atoms with Gasteiger partial charge in [-0.2, -0.15) is 0 Å². The smallest absolute Gasteiger partial charge is 0.134 e. The summed E-state index contributed by atoms with van der Waals surface area (Å²) in [6.07, 6.45) is 8.59. The van der Waals surface area contributed by atoms with Gasteiger partial charge < -0.3 is 5.32 Å². The molecule has 4 aliphatic rings. The van der Waals surface area contributed by atoms with Gasteiger partial charge in [-0.05, 0) is 56.3 Å². The molecule has 0 aromatic rings. The highest BCUT2D eigenvalue weighted by molar-refractivity contribution is 7.78. The van der Waals surface area contributed by atoms with Gasteiger partial charge in [0.2, 0.25) is 0 Å². The molecule has 4 fully saturated rings. The Balaban J connectivity index is 1.87. The van der Waals surface area contributed by atoms with Crippen LogP contribution in [0.4, 0.5) is 0 Å². The van der Waals surface area contributed by atoms with E-state index in [1.807, 2.05) is 0 Å². The van der Waals surface area contributed by atoms with Crippen LogP contribution in [0.15, 0.2) is 0 Å². The second kappa shape index (κ2) is 2.69. The first kappa shape index (κ1) is 8.22. The van der Waals surface area contributed by atoms with Crippen LogP contribution < -0.4 is 5.32 Å². The second-order valence-corrected chi connectivity index (χ2v) is 5.63. The molecular weight excluding hydrogens is 178 g/mol. The maximum atomic E-state index is 4.83. The predicted octanol–water partition coefficient (Wildman–Crippen LogP) is 2.38. The van der Waals surface area contributed by atoms with Crippen molar-refractivity contribution in [2.75, 3.05) is 0 Å². The fraction of sp³-hybridized carbons (Fsp3) is 0.909. The lowest BCUT2D eigenvalue weighted by molar-refractivity contribution is -0.00911. The third kappa shape index (κ3) is 1.22. The van der Waals surface area contributed by atoms with Crippen LogP contribution in [0.3, 0.4) is 0 Å². The lowest BCUT2D eigenvalue weighted by atomic mass is 9.53. The van der Waals surface area contributed by atoms with Crippen molar-refractivity contribution in [3.63, 3.8) is 0 Å². The van der Waals surface area contributed by atoms with Crippen molar-refractivity contribution in [2.24, 2.45) is 17.8 Å². The first-order valence-electron chi connectivity index (χ1n) is 5.44. The molecule has 0 heterocycles. The number of thiocarbonyl (C=S) groups is 1. The van der Waals surface area contributed by atoms with Crippen LogP contribution in [0.1, 0.15) is 38.5 Å². The summed E-state index contributed by atoms with van der Waals surface area (Å²) >= 11 is 4.83. The topological polar surface area (TPSA) is 12.0 Å².